The Morgan fingerprint density at radius 2 is 2.17 bits per heavy atom. The number of fused-ring (bicyclic) bond motifs is 1. The summed E-state index contributed by atoms with van der Waals surface area (Å²) in [6, 6.07) is 8.02. The summed E-state index contributed by atoms with van der Waals surface area (Å²) in [6.45, 7) is 6.21. The van der Waals surface area contributed by atoms with Crippen LogP contribution in [0.25, 0.3) is 6.08 Å². The van der Waals surface area contributed by atoms with Crippen molar-refractivity contribution in [2.45, 2.75) is 44.4 Å². The van der Waals surface area contributed by atoms with Crippen molar-refractivity contribution in [3.8, 4) is 5.75 Å². The molecule has 0 saturated heterocycles. The molecule has 29 heavy (non-hydrogen) atoms. The maximum Gasteiger partial charge on any atom is 0.303 e. The predicted octanol–water partition coefficient (Wildman–Crippen LogP) is 3.62. The number of benzene rings is 1. The maximum absolute atomic E-state index is 11.0. The zero-order valence-corrected chi connectivity index (χ0v) is 16.8. The number of carboxylic acid groups (broad SMARTS) is 1. The van der Waals surface area contributed by atoms with Crippen molar-refractivity contribution in [3.63, 3.8) is 0 Å². The third kappa shape index (κ3) is 6.39. The topological polar surface area (TPSA) is 84.3 Å². The Hall–Kier alpha value is -2.73. The van der Waals surface area contributed by atoms with E-state index in [0.717, 1.165) is 56.6 Å². The van der Waals surface area contributed by atoms with Crippen LogP contribution < -0.4 is 10.1 Å². The lowest BCUT2D eigenvalue weighted by Crippen LogP contribution is -2.19. The minimum Gasteiger partial charge on any atom is -0.494 e. The lowest BCUT2D eigenvalue weighted by atomic mass is 9.98. The van der Waals surface area contributed by atoms with E-state index in [9.17, 15) is 4.79 Å². The Kier molecular flexibility index (Phi) is 7.76. The van der Waals surface area contributed by atoms with Crippen LogP contribution in [0.2, 0.25) is 0 Å². The van der Waals surface area contributed by atoms with E-state index in [-0.39, 0.29) is 12.3 Å². The molecule has 2 aromatic rings. The molecule has 0 unspecified atom stereocenters. The van der Waals surface area contributed by atoms with E-state index < -0.39 is 5.97 Å². The Morgan fingerprint density at radius 1 is 1.31 bits per heavy atom. The van der Waals surface area contributed by atoms with Crippen LogP contribution in [0, 0.1) is 0 Å². The number of hydrogen-bond acceptors (Lipinski definition) is 5. The van der Waals surface area contributed by atoms with Gasteiger partial charge < -0.3 is 15.2 Å². The molecule has 3 rings (SSSR count). The summed E-state index contributed by atoms with van der Waals surface area (Å²) in [5.74, 6) is 0.971. The summed E-state index contributed by atoms with van der Waals surface area (Å²) in [6.07, 6.45) is 8.39. The molecular weight excluding hydrogens is 366 g/mol. The smallest absolute Gasteiger partial charge is 0.303 e. The van der Waals surface area contributed by atoms with Crippen molar-refractivity contribution in [3.05, 3.63) is 59.7 Å². The maximum atomic E-state index is 11.0. The van der Waals surface area contributed by atoms with E-state index in [1.807, 2.05) is 18.2 Å². The molecule has 6 heteroatoms. The monoisotopic (exact) mass is 395 g/mol. The highest BCUT2D eigenvalue weighted by atomic mass is 16.5. The van der Waals surface area contributed by atoms with Crippen molar-refractivity contribution in [1.82, 2.24) is 15.3 Å². The second kappa shape index (κ2) is 10.7. The van der Waals surface area contributed by atoms with Gasteiger partial charge >= 0.3 is 5.97 Å². The quantitative estimate of drug-likeness (QED) is 0.534. The fourth-order valence-electron chi connectivity index (χ4n) is 3.75. The van der Waals surface area contributed by atoms with Gasteiger partial charge in [-0.2, -0.15) is 0 Å². The van der Waals surface area contributed by atoms with Crippen molar-refractivity contribution in [2.24, 2.45) is 0 Å². The van der Waals surface area contributed by atoms with Crippen molar-refractivity contribution in [2.75, 3.05) is 19.7 Å². The lowest BCUT2D eigenvalue weighted by molar-refractivity contribution is -0.137. The normalized spacial score (nSPS) is 15.1. The molecule has 0 fully saturated rings. The standard InChI is InChI=1S/C23H29N3O3/c1-2-22-25-13-10-19(26-22)5-3-11-24-12-4-14-29-20-8-9-21-17(15-20)6-7-18(21)16-23(27)28/h2,8-10,13,15,18,24H,1,3-7,11-12,14,16H2,(H,27,28)/t18-/m0/s1. The fraction of sp³-hybridized carbons (Fsp3) is 0.435. The van der Waals surface area contributed by atoms with Gasteiger partial charge in [0.05, 0.1) is 13.0 Å². The number of ether oxygens (including phenoxy) is 1. The number of nitrogens with zero attached hydrogens (tertiary/aromatic N) is 2. The van der Waals surface area contributed by atoms with Crippen LogP contribution >= 0.6 is 0 Å². The van der Waals surface area contributed by atoms with Crippen LogP contribution in [0.5, 0.6) is 5.75 Å². The summed E-state index contributed by atoms with van der Waals surface area (Å²) in [4.78, 5) is 19.5. The van der Waals surface area contributed by atoms with Gasteiger partial charge in [0.1, 0.15) is 5.75 Å². The number of carbonyl (C=O) groups is 1. The van der Waals surface area contributed by atoms with E-state index in [4.69, 9.17) is 9.84 Å². The van der Waals surface area contributed by atoms with Crippen LogP contribution in [0.3, 0.4) is 0 Å². The van der Waals surface area contributed by atoms with Crippen molar-refractivity contribution >= 4 is 12.0 Å². The third-order valence-corrected chi connectivity index (χ3v) is 5.20. The van der Waals surface area contributed by atoms with E-state index in [1.165, 1.54) is 11.1 Å². The second-order valence-corrected chi connectivity index (χ2v) is 7.36. The Balaban J connectivity index is 1.29. The van der Waals surface area contributed by atoms with Gasteiger partial charge in [0, 0.05) is 11.9 Å². The zero-order valence-electron chi connectivity index (χ0n) is 16.8. The molecule has 6 nitrogen and oxygen atoms in total. The first-order valence-corrected chi connectivity index (χ1v) is 10.3. The molecule has 1 atom stereocenters. The first-order chi connectivity index (χ1) is 14.2. The molecule has 154 valence electrons. The highest BCUT2D eigenvalue weighted by molar-refractivity contribution is 5.68. The van der Waals surface area contributed by atoms with Gasteiger partial charge in [-0.25, -0.2) is 9.97 Å². The second-order valence-electron chi connectivity index (χ2n) is 7.36. The Labute approximate surface area is 172 Å². The number of hydrogen-bond donors (Lipinski definition) is 2. The molecule has 0 aliphatic heterocycles. The van der Waals surface area contributed by atoms with Crippen LogP contribution in [0.1, 0.15) is 54.2 Å². The molecule has 0 spiro atoms. The average Bonchev–Trinajstić information content (AvgIpc) is 3.11. The lowest BCUT2D eigenvalue weighted by Gasteiger charge is -2.11. The van der Waals surface area contributed by atoms with E-state index in [2.05, 4.69) is 27.9 Å². The molecular formula is C23H29N3O3. The van der Waals surface area contributed by atoms with Gasteiger partial charge in [0.15, 0.2) is 5.82 Å². The van der Waals surface area contributed by atoms with Crippen molar-refractivity contribution in [1.29, 1.82) is 0 Å². The van der Waals surface area contributed by atoms with Gasteiger partial charge in [-0.1, -0.05) is 12.6 Å². The molecule has 0 radical (unpaired) electrons. The molecule has 2 N–H and O–H groups in total. The molecule has 1 heterocycles. The molecule has 0 amide bonds. The summed E-state index contributed by atoms with van der Waals surface area (Å²) in [5.41, 5.74) is 3.45. The molecule has 1 aromatic carbocycles. The number of rotatable bonds is 12. The fourth-order valence-corrected chi connectivity index (χ4v) is 3.75. The summed E-state index contributed by atoms with van der Waals surface area (Å²) in [7, 11) is 0. The predicted molar refractivity (Wildman–Crippen MR) is 113 cm³/mol. The SMILES string of the molecule is C=Cc1nccc(CCCNCCCOc2ccc3c(c2)CC[C@H]3CC(=O)O)n1. The van der Waals surface area contributed by atoms with Gasteiger partial charge in [-0.05, 0) is 86.5 Å². The van der Waals surface area contributed by atoms with E-state index in [0.29, 0.717) is 12.4 Å². The molecule has 1 aromatic heterocycles. The van der Waals surface area contributed by atoms with Crippen LogP contribution in [0.4, 0.5) is 0 Å². The van der Waals surface area contributed by atoms with Gasteiger partial charge in [0.2, 0.25) is 0 Å². The Morgan fingerprint density at radius 3 is 3.00 bits per heavy atom. The average molecular weight is 396 g/mol. The first kappa shape index (κ1) is 21.0. The van der Waals surface area contributed by atoms with Gasteiger partial charge in [-0.3, -0.25) is 4.79 Å². The number of carboxylic acids is 1. The summed E-state index contributed by atoms with van der Waals surface area (Å²) in [5, 5.41) is 12.5. The molecule has 0 bridgehead atoms. The van der Waals surface area contributed by atoms with Crippen LogP contribution in [-0.2, 0) is 17.6 Å². The zero-order chi connectivity index (χ0) is 20.5. The minimum absolute atomic E-state index is 0.145. The summed E-state index contributed by atoms with van der Waals surface area (Å²) >= 11 is 0. The minimum atomic E-state index is -0.728. The first-order valence-electron chi connectivity index (χ1n) is 10.3. The largest absolute Gasteiger partial charge is 0.494 e. The van der Waals surface area contributed by atoms with E-state index in [1.54, 1.807) is 12.3 Å². The molecule has 1 aliphatic rings. The highest BCUT2D eigenvalue weighted by Crippen LogP contribution is 2.37. The number of aliphatic carboxylic acids is 1. The van der Waals surface area contributed by atoms with Gasteiger partial charge in [0.25, 0.3) is 0 Å². The van der Waals surface area contributed by atoms with Crippen LogP contribution in [-0.4, -0.2) is 40.7 Å². The van der Waals surface area contributed by atoms with Crippen molar-refractivity contribution < 1.29 is 14.6 Å². The number of aryl methyl sites for hydroxylation is 2. The molecule has 0 saturated carbocycles. The Bertz CT molecular complexity index is 838. The summed E-state index contributed by atoms with van der Waals surface area (Å²) < 4.78 is 5.87. The molecule has 1 aliphatic carbocycles. The van der Waals surface area contributed by atoms with E-state index >= 15 is 0 Å². The highest BCUT2D eigenvalue weighted by Gasteiger charge is 2.24. The van der Waals surface area contributed by atoms with Gasteiger partial charge in [-0.15, -0.1) is 0 Å². The van der Waals surface area contributed by atoms with Crippen LogP contribution in [0.15, 0.2) is 37.0 Å². The number of nitrogens with one attached hydrogen (secondary N) is 1. The number of aromatic nitrogens is 2. The third-order valence-electron chi connectivity index (χ3n) is 5.20.